The molecule has 0 aromatic heterocycles. The van der Waals surface area contributed by atoms with Crippen LogP contribution in [0.3, 0.4) is 0 Å². The molecule has 2 heterocycles. The smallest absolute Gasteiger partial charge is 0.243 e. The Morgan fingerprint density at radius 2 is 1.70 bits per heavy atom. The highest BCUT2D eigenvalue weighted by atomic mass is 32.2. The van der Waals surface area contributed by atoms with Gasteiger partial charge in [0.2, 0.25) is 10.0 Å². The Labute approximate surface area is 164 Å². The molecule has 4 rings (SSSR count). The summed E-state index contributed by atoms with van der Waals surface area (Å²) >= 11 is 0. The van der Waals surface area contributed by atoms with Crippen LogP contribution in [0.25, 0.3) is 0 Å². The molecular weight excluding hydrogens is 382 g/mol. The van der Waals surface area contributed by atoms with Gasteiger partial charge in [0.25, 0.3) is 0 Å². The summed E-state index contributed by atoms with van der Waals surface area (Å²) in [7, 11) is -2.89. The molecule has 1 aliphatic carbocycles. The highest BCUT2D eigenvalue weighted by molar-refractivity contribution is 7.89. The zero-order valence-electron chi connectivity index (χ0n) is 15.9. The second kappa shape index (κ2) is 7.55. The molecule has 6 nitrogen and oxygen atoms in total. The van der Waals surface area contributed by atoms with Gasteiger partial charge >= 0.3 is 0 Å². The van der Waals surface area contributed by atoms with Crippen LogP contribution in [-0.4, -0.2) is 60.6 Å². The highest BCUT2D eigenvalue weighted by Crippen LogP contribution is 2.36. The van der Waals surface area contributed by atoms with Crippen molar-refractivity contribution in [3.63, 3.8) is 0 Å². The van der Waals surface area contributed by atoms with Gasteiger partial charge in [0, 0.05) is 31.7 Å². The summed E-state index contributed by atoms with van der Waals surface area (Å²) in [4.78, 5) is 3.03. The number of nitrogens with one attached hydrogen (secondary N) is 1. The normalized spacial score (nSPS) is 27.2. The number of hydrogen-bond acceptors (Lipinski definition) is 4. The van der Waals surface area contributed by atoms with Crippen molar-refractivity contribution >= 4 is 21.0 Å². The monoisotopic (exact) mass is 411 g/mol. The van der Waals surface area contributed by atoms with E-state index in [1.807, 2.05) is 13.1 Å². The topological polar surface area (TPSA) is 69.7 Å². The molecule has 27 heavy (non-hydrogen) atoms. The summed E-state index contributed by atoms with van der Waals surface area (Å²) in [6.45, 7) is 2.47. The van der Waals surface area contributed by atoms with Crippen molar-refractivity contribution in [3.8, 4) is 0 Å². The van der Waals surface area contributed by atoms with Gasteiger partial charge in [-0.3, -0.25) is 0 Å². The second-order valence-corrected chi connectivity index (χ2v) is 11.3. The Balaban J connectivity index is 1.61. The molecule has 0 bridgehead atoms. The van der Waals surface area contributed by atoms with Crippen LogP contribution in [0.4, 0.5) is 0 Å². The number of sulfonamides is 1. The Morgan fingerprint density at radius 1 is 1.04 bits per heavy atom. The van der Waals surface area contributed by atoms with Gasteiger partial charge < -0.3 is 4.90 Å². The predicted molar refractivity (Wildman–Crippen MR) is 106 cm³/mol. The largest absolute Gasteiger partial charge is 0.304 e. The van der Waals surface area contributed by atoms with E-state index >= 15 is 0 Å². The summed E-state index contributed by atoms with van der Waals surface area (Å²) in [5, 5.41) is 0. The molecule has 1 unspecified atom stereocenters. The number of likely N-dealkylation sites (N-methyl/N-ethyl adjacent to an activating group) is 1. The molecule has 1 aromatic rings. The summed E-state index contributed by atoms with van der Waals surface area (Å²) in [5.41, 5.74) is 0.943. The molecule has 1 spiro atoms. The lowest BCUT2D eigenvalue weighted by Crippen LogP contribution is -2.50. The van der Waals surface area contributed by atoms with E-state index in [2.05, 4.69) is 9.62 Å². The summed E-state index contributed by atoms with van der Waals surface area (Å²) in [6, 6.07) is 5.23. The molecule has 8 heteroatoms. The number of hydrogen-bond donors (Lipinski definition) is 1. The lowest BCUT2D eigenvalue weighted by atomic mass is 9.84. The molecule has 1 saturated heterocycles. The molecule has 3 aliphatic rings. The predicted octanol–water partition coefficient (Wildman–Crippen LogP) is 1.88. The van der Waals surface area contributed by atoms with Crippen LogP contribution in [-0.2, 0) is 27.4 Å². The number of nitrogens with zero attached hydrogens (tertiary/aromatic N) is 2. The molecular formula is C19H29N3O3S2. The molecule has 2 aliphatic heterocycles. The van der Waals surface area contributed by atoms with E-state index in [0.29, 0.717) is 18.0 Å². The number of piperazine rings is 1. The number of benzene rings is 1. The van der Waals surface area contributed by atoms with Gasteiger partial charge in [-0.25, -0.2) is 17.3 Å². The van der Waals surface area contributed by atoms with Crippen molar-refractivity contribution in [2.24, 2.45) is 0 Å². The molecule has 2 fully saturated rings. The third-order valence-electron chi connectivity index (χ3n) is 6.24. The number of rotatable bonds is 2. The first-order chi connectivity index (χ1) is 12.9. The first kappa shape index (κ1) is 19.5. The fraction of sp³-hybridized carbons (Fsp3) is 0.684. The maximum Gasteiger partial charge on any atom is 0.243 e. The summed E-state index contributed by atoms with van der Waals surface area (Å²) in [5.74, 6) is 0. The fourth-order valence-corrected chi connectivity index (χ4v) is 7.44. The molecule has 1 atom stereocenters. The Morgan fingerprint density at radius 3 is 2.37 bits per heavy atom. The van der Waals surface area contributed by atoms with Crippen molar-refractivity contribution in [1.82, 2.24) is 13.9 Å². The minimum absolute atomic E-state index is 0.0911. The van der Waals surface area contributed by atoms with Crippen LogP contribution in [0.5, 0.6) is 0 Å². The van der Waals surface area contributed by atoms with Crippen LogP contribution in [0.1, 0.15) is 44.1 Å². The van der Waals surface area contributed by atoms with Crippen molar-refractivity contribution in [1.29, 1.82) is 0 Å². The molecule has 1 aromatic carbocycles. The zero-order valence-corrected chi connectivity index (χ0v) is 17.6. The average Bonchev–Trinajstić information content (AvgIpc) is 2.87. The summed E-state index contributed by atoms with van der Waals surface area (Å²) in [6.07, 6.45) is 7.73. The van der Waals surface area contributed by atoms with E-state index in [1.54, 1.807) is 16.4 Å². The SMILES string of the molecule is CN1CCN(S(=O)(=O)c2ccc3c(c2)S(=O)NC2(CCCCCC2)C3)CC1. The van der Waals surface area contributed by atoms with E-state index in [4.69, 9.17) is 0 Å². The number of fused-ring (bicyclic) bond motifs is 1. The third kappa shape index (κ3) is 3.87. The lowest BCUT2D eigenvalue weighted by molar-refractivity contribution is 0.222. The Hall–Kier alpha value is -0.800. The van der Waals surface area contributed by atoms with E-state index in [9.17, 15) is 12.6 Å². The lowest BCUT2D eigenvalue weighted by Gasteiger charge is -2.38. The van der Waals surface area contributed by atoms with Crippen LogP contribution in [0.2, 0.25) is 0 Å². The highest BCUT2D eigenvalue weighted by Gasteiger charge is 2.38. The average molecular weight is 412 g/mol. The quantitative estimate of drug-likeness (QED) is 0.807. The van der Waals surface area contributed by atoms with Crippen LogP contribution in [0, 0.1) is 0 Å². The van der Waals surface area contributed by atoms with Crippen molar-refractivity contribution < 1.29 is 12.6 Å². The van der Waals surface area contributed by atoms with Crippen LogP contribution in [0.15, 0.2) is 28.0 Å². The standard InChI is InChI=1S/C19H29N3O3S2/c1-21-10-12-22(13-11-21)27(24,25)17-7-6-16-15-19(8-4-2-3-5-9-19)20-26(23)18(16)14-17/h6-7,14,20H,2-5,8-13,15H2,1H3. The van der Waals surface area contributed by atoms with Gasteiger partial charge in [-0.15, -0.1) is 0 Å². The zero-order chi connectivity index (χ0) is 19.1. The van der Waals surface area contributed by atoms with Gasteiger partial charge in [0.1, 0.15) is 11.0 Å². The van der Waals surface area contributed by atoms with Gasteiger partial charge in [0.05, 0.1) is 9.79 Å². The van der Waals surface area contributed by atoms with Crippen molar-refractivity contribution in [3.05, 3.63) is 23.8 Å². The van der Waals surface area contributed by atoms with E-state index in [0.717, 1.165) is 50.8 Å². The van der Waals surface area contributed by atoms with Crippen LogP contribution >= 0.6 is 0 Å². The minimum Gasteiger partial charge on any atom is -0.304 e. The first-order valence-electron chi connectivity index (χ1n) is 9.91. The Kier molecular flexibility index (Phi) is 5.46. The van der Waals surface area contributed by atoms with E-state index < -0.39 is 21.0 Å². The Bertz CT molecular complexity index is 825. The molecule has 150 valence electrons. The third-order valence-corrected chi connectivity index (χ3v) is 9.53. The van der Waals surface area contributed by atoms with Gasteiger partial charge in [-0.05, 0) is 44.0 Å². The van der Waals surface area contributed by atoms with E-state index in [-0.39, 0.29) is 10.4 Å². The molecule has 0 amide bonds. The molecule has 1 saturated carbocycles. The fourth-order valence-electron chi connectivity index (χ4n) is 4.53. The minimum atomic E-state index is -3.54. The van der Waals surface area contributed by atoms with E-state index in [1.165, 1.54) is 12.8 Å². The van der Waals surface area contributed by atoms with Crippen LogP contribution < -0.4 is 4.72 Å². The van der Waals surface area contributed by atoms with Crippen molar-refractivity contribution in [2.45, 2.75) is 60.3 Å². The van der Waals surface area contributed by atoms with Gasteiger partial charge in [-0.2, -0.15) is 4.31 Å². The maximum absolute atomic E-state index is 13.0. The molecule has 1 N–H and O–H groups in total. The second-order valence-electron chi connectivity index (χ2n) is 8.22. The van der Waals surface area contributed by atoms with Gasteiger partial charge in [-0.1, -0.05) is 31.7 Å². The maximum atomic E-state index is 13.0. The van der Waals surface area contributed by atoms with Gasteiger partial charge in [0.15, 0.2) is 0 Å². The molecule has 0 radical (unpaired) electrons. The first-order valence-corrected chi connectivity index (χ1v) is 12.5. The van der Waals surface area contributed by atoms with Crippen molar-refractivity contribution in [2.75, 3.05) is 33.2 Å². The summed E-state index contributed by atoms with van der Waals surface area (Å²) < 4.78 is 43.9.